The fourth-order valence-electron chi connectivity index (χ4n) is 0.978. The van der Waals surface area contributed by atoms with Crippen molar-refractivity contribution in [3.63, 3.8) is 0 Å². The third-order valence-corrected chi connectivity index (χ3v) is 2.66. The molecule has 78 valence electrons. The molecule has 0 radical (unpaired) electrons. The molecular formula is C9H19NO2S. The summed E-state index contributed by atoms with van der Waals surface area (Å²) in [6, 6.07) is 0. The van der Waals surface area contributed by atoms with Gasteiger partial charge in [0.05, 0.1) is 0 Å². The van der Waals surface area contributed by atoms with Gasteiger partial charge in [-0.1, -0.05) is 6.92 Å². The van der Waals surface area contributed by atoms with Gasteiger partial charge in [-0.2, -0.15) is 11.8 Å². The van der Waals surface area contributed by atoms with Crippen molar-refractivity contribution in [1.29, 1.82) is 0 Å². The predicted octanol–water partition coefficient (Wildman–Crippen LogP) is 1.58. The molecule has 13 heavy (non-hydrogen) atoms. The smallest absolute Gasteiger partial charge is 0.323 e. The number of carboxylic acid groups (broad SMARTS) is 1. The number of nitrogens with one attached hydrogen (secondary N) is 1. The Hall–Kier alpha value is -0.220. The van der Waals surface area contributed by atoms with Crippen LogP contribution in [0.5, 0.6) is 0 Å². The van der Waals surface area contributed by atoms with Crippen molar-refractivity contribution >= 4 is 17.7 Å². The highest BCUT2D eigenvalue weighted by Gasteiger charge is 2.31. The van der Waals surface area contributed by atoms with Crippen LogP contribution in [0.1, 0.15) is 26.7 Å². The molecule has 0 aliphatic carbocycles. The molecule has 2 N–H and O–H groups in total. The van der Waals surface area contributed by atoms with Crippen LogP contribution in [0.2, 0.25) is 0 Å². The van der Waals surface area contributed by atoms with Crippen molar-refractivity contribution in [1.82, 2.24) is 5.32 Å². The van der Waals surface area contributed by atoms with Crippen LogP contribution in [0, 0.1) is 0 Å². The standard InChI is InChI=1S/C9H19NO2S/c1-4-6-10-9(2,8(11)12)5-7-13-3/h10H,4-7H2,1-3H3,(H,11,12). The van der Waals surface area contributed by atoms with Gasteiger partial charge in [0.25, 0.3) is 0 Å². The van der Waals surface area contributed by atoms with Crippen LogP contribution in [0.15, 0.2) is 0 Å². The molecule has 1 atom stereocenters. The van der Waals surface area contributed by atoms with Gasteiger partial charge in [0.2, 0.25) is 0 Å². The highest BCUT2D eigenvalue weighted by atomic mass is 32.2. The molecule has 0 spiro atoms. The Morgan fingerprint density at radius 3 is 2.62 bits per heavy atom. The third kappa shape index (κ3) is 4.52. The van der Waals surface area contributed by atoms with E-state index in [1.165, 1.54) is 0 Å². The number of thioether (sulfide) groups is 1. The molecule has 1 unspecified atom stereocenters. The second kappa shape index (κ2) is 6.27. The average Bonchev–Trinajstić information content (AvgIpc) is 2.11. The molecule has 0 aromatic heterocycles. The number of rotatable bonds is 7. The number of hydrogen-bond donors (Lipinski definition) is 2. The van der Waals surface area contributed by atoms with E-state index < -0.39 is 11.5 Å². The van der Waals surface area contributed by atoms with Gasteiger partial charge < -0.3 is 10.4 Å². The largest absolute Gasteiger partial charge is 0.480 e. The lowest BCUT2D eigenvalue weighted by Crippen LogP contribution is -2.50. The summed E-state index contributed by atoms with van der Waals surface area (Å²) in [5.74, 6) is 0.120. The van der Waals surface area contributed by atoms with E-state index >= 15 is 0 Å². The fraction of sp³-hybridized carbons (Fsp3) is 0.889. The zero-order valence-corrected chi connectivity index (χ0v) is 9.41. The Morgan fingerprint density at radius 1 is 1.62 bits per heavy atom. The summed E-state index contributed by atoms with van der Waals surface area (Å²) in [5.41, 5.74) is -0.751. The second-order valence-electron chi connectivity index (χ2n) is 3.31. The molecule has 0 heterocycles. The molecule has 0 aromatic carbocycles. The van der Waals surface area contributed by atoms with E-state index in [1.807, 2.05) is 13.2 Å². The summed E-state index contributed by atoms with van der Waals surface area (Å²) in [7, 11) is 0. The Labute approximate surface area is 84.3 Å². The Balaban J connectivity index is 4.08. The van der Waals surface area contributed by atoms with Gasteiger partial charge in [-0.05, 0) is 38.3 Å². The minimum absolute atomic E-state index is 0.670. The zero-order valence-electron chi connectivity index (χ0n) is 8.59. The Morgan fingerprint density at radius 2 is 2.23 bits per heavy atom. The molecule has 4 heteroatoms. The minimum atomic E-state index is -0.755. The monoisotopic (exact) mass is 205 g/mol. The first-order valence-corrected chi connectivity index (χ1v) is 5.93. The Bertz CT molecular complexity index is 154. The molecule has 0 aromatic rings. The zero-order chi connectivity index (χ0) is 10.3. The first-order chi connectivity index (χ1) is 6.06. The summed E-state index contributed by atoms with van der Waals surface area (Å²) >= 11 is 1.68. The number of carboxylic acids is 1. The van der Waals surface area contributed by atoms with Gasteiger partial charge in [0.15, 0.2) is 0 Å². The first-order valence-electron chi connectivity index (χ1n) is 4.54. The highest BCUT2D eigenvalue weighted by molar-refractivity contribution is 7.98. The molecule has 0 rings (SSSR count). The lowest BCUT2D eigenvalue weighted by Gasteiger charge is -2.25. The van der Waals surface area contributed by atoms with Gasteiger partial charge in [0, 0.05) is 0 Å². The maximum Gasteiger partial charge on any atom is 0.323 e. The number of carbonyl (C=O) groups is 1. The van der Waals surface area contributed by atoms with Crippen LogP contribution in [0.3, 0.4) is 0 Å². The highest BCUT2D eigenvalue weighted by Crippen LogP contribution is 2.13. The van der Waals surface area contributed by atoms with Crippen molar-refractivity contribution in [2.24, 2.45) is 0 Å². The van der Waals surface area contributed by atoms with Crippen molar-refractivity contribution in [2.45, 2.75) is 32.2 Å². The SMILES string of the molecule is CCCNC(C)(CCSC)C(=O)O. The van der Waals surface area contributed by atoms with E-state index in [9.17, 15) is 4.79 Å². The summed E-state index contributed by atoms with van der Waals surface area (Å²) in [4.78, 5) is 11.0. The van der Waals surface area contributed by atoms with Gasteiger partial charge in [0.1, 0.15) is 5.54 Å². The lowest BCUT2D eigenvalue weighted by molar-refractivity contribution is -0.144. The van der Waals surface area contributed by atoms with Gasteiger partial charge in [-0.3, -0.25) is 4.79 Å². The van der Waals surface area contributed by atoms with Crippen molar-refractivity contribution in [3.05, 3.63) is 0 Å². The van der Waals surface area contributed by atoms with Crippen molar-refractivity contribution in [2.75, 3.05) is 18.6 Å². The maximum absolute atomic E-state index is 11.0. The van der Waals surface area contributed by atoms with Crippen LogP contribution >= 0.6 is 11.8 Å². The minimum Gasteiger partial charge on any atom is -0.480 e. The molecular weight excluding hydrogens is 186 g/mol. The van der Waals surface area contributed by atoms with Crippen LogP contribution in [0.4, 0.5) is 0 Å². The molecule has 0 saturated carbocycles. The summed E-state index contributed by atoms with van der Waals surface area (Å²) < 4.78 is 0. The van der Waals surface area contributed by atoms with Crippen LogP contribution < -0.4 is 5.32 Å². The first kappa shape index (κ1) is 12.8. The second-order valence-corrected chi connectivity index (χ2v) is 4.29. The molecule has 3 nitrogen and oxygen atoms in total. The van der Waals surface area contributed by atoms with E-state index in [0.29, 0.717) is 6.42 Å². The molecule has 0 saturated heterocycles. The van der Waals surface area contributed by atoms with Gasteiger partial charge in [-0.25, -0.2) is 0 Å². The average molecular weight is 205 g/mol. The number of hydrogen-bond acceptors (Lipinski definition) is 3. The quantitative estimate of drug-likeness (QED) is 0.662. The third-order valence-electron chi connectivity index (χ3n) is 2.04. The van der Waals surface area contributed by atoms with E-state index in [2.05, 4.69) is 5.32 Å². The van der Waals surface area contributed by atoms with E-state index in [0.717, 1.165) is 18.7 Å². The van der Waals surface area contributed by atoms with Crippen LogP contribution in [0.25, 0.3) is 0 Å². The fourth-order valence-corrected chi connectivity index (χ4v) is 1.59. The summed E-state index contributed by atoms with van der Waals surface area (Å²) in [5, 5.41) is 12.1. The van der Waals surface area contributed by atoms with Gasteiger partial charge >= 0.3 is 5.97 Å². The predicted molar refractivity (Wildman–Crippen MR) is 57.3 cm³/mol. The Kier molecular flexibility index (Phi) is 6.16. The van der Waals surface area contributed by atoms with Gasteiger partial charge in [-0.15, -0.1) is 0 Å². The molecule has 0 fully saturated rings. The molecule has 0 bridgehead atoms. The summed E-state index contributed by atoms with van der Waals surface area (Å²) in [6.45, 7) is 4.54. The van der Waals surface area contributed by atoms with E-state index in [4.69, 9.17) is 5.11 Å². The van der Waals surface area contributed by atoms with Crippen LogP contribution in [-0.4, -0.2) is 35.2 Å². The van der Waals surface area contributed by atoms with Crippen molar-refractivity contribution in [3.8, 4) is 0 Å². The molecule has 0 aliphatic heterocycles. The van der Waals surface area contributed by atoms with Crippen molar-refractivity contribution < 1.29 is 9.90 Å². The topological polar surface area (TPSA) is 49.3 Å². The molecule has 0 amide bonds. The van der Waals surface area contributed by atoms with E-state index in [1.54, 1.807) is 18.7 Å². The lowest BCUT2D eigenvalue weighted by atomic mass is 9.99. The number of aliphatic carboxylic acids is 1. The molecule has 0 aliphatic rings. The summed E-state index contributed by atoms with van der Waals surface area (Å²) in [6.07, 6.45) is 3.62. The van der Waals surface area contributed by atoms with E-state index in [-0.39, 0.29) is 0 Å². The van der Waals surface area contributed by atoms with Crippen LogP contribution in [-0.2, 0) is 4.79 Å². The maximum atomic E-state index is 11.0. The normalized spacial score (nSPS) is 15.3.